The number of aryl methyl sites for hydroxylation is 1. The molecule has 1 heterocycles. The number of amides is 2. The highest BCUT2D eigenvalue weighted by molar-refractivity contribution is 5.77. The van der Waals surface area contributed by atoms with Gasteiger partial charge in [0, 0.05) is 20.1 Å². The molecule has 0 radical (unpaired) electrons. The average Bonchev–Trinajstić information content (AvgIpc) is 3.13. The molecule has 1 aromatic rings. The summed E-state index contributed by atoms with van der Waals surface area (Å²) in [6, 6.07) is 6.27. The number of hydrogen-bond donors (Lipinski definition) is 2. The molecule has 1 aliphatic heterocycles. The smallest absolute Gasteiger partial charge is 0.246 e. The Labute approximate surface area is 154 Å². The van der Waals surface area contributed by atoms with Crippen molar-refractivity contribution in [3.05, 3.63) is 34.9 Å². The maximum atomic E-state index is 12.2. The molecule has 1 aromatic carbocycles. The van der Waals surface area contributed by atoms with E-state index in [9.17, 15) is 9.59 Å². The lowest BCUT2D eigenvalue weighted by molar-refractivity contribution is -0.127. The van der Waals surface area contributed by atoms with Crippen LogP contribution in [0.1, 0.15) is 55.3 Å². The zero-order valence-electron chi connectivity index (χ0n) is 15.4. The highest BCUT2D eigenvalue weighted by Gasteiger charge is 2.22. The molecule has 0 spiro atoms. The van der Waals surface area contributed by atoms with E-state index in [0.29, 0.717) is 13.2 Å². The van der Waals surface area contributed by atoms with Gasteiger partial charge in [0.15, 0.2) is 0 Å². The Hall–Kier alpha value is -1.92. The van der Waals surface area contributed by atoms with Crippen molar-refractivity contribution in [1.29, 1.82) is 0 Å². The van der Waals surface area contributed by atoms with Gasteiger partial charge in [0.1, 0.15) is 6.61 Å². The minimum Gasteiger partial charge on any atom is -0.376 e. The van der Waals surface area contributed by atoms with Crippen LogP contribution in [0.3, 0.4) is 0 Å². The molecule has 2 atom stereocenters. The summed E-state index contributed by atoms with van der Waals surface area (Å²) >= 11 is 0. The number of ether oxygens (including phenoxy) is 2. The summed E-state index contributed by atoms with van der Waals surface area (Å²) in [5.74, 6) is -0.112. The third kappa shape index (κ3) is 5.29. The second-order valence-corrected chi connectivity index (χ2v) is 7.11. The number of rotatable bonds is 7. The van der Waals surface area contributed by atoms with Gasteiger partial charge < -0.3 is 20.1 Å². The number of hydrogen-bond acceptors (Lipinski definition) is 4. The predicted molar refractivity (Wildman–Crippen MR) is 97.6 cm³/mol. The second kappa shape index (κ2) is 9.14. The van der Waals surface area contributed by atoms with Crippen molar-refractivity contribution < 1.29 is 19.1 Å². The van der Waals surface area contributed by atoms with Gasteiger partial charge in [-0.25, -0.2) is 0 Å². The van der Waals surface area contributed by atoms with Crippen LogP contribution in [0.25, 0.3) is 0 Å². The van der Waals surface area contributed by atoms with Gasteiger partial charge >= 0.3 is 0 Å². The highest BCUT2D eigenvalue weighted by Crippen LogP contribution is 2.30. The van der Waals surface area contributed by atoms with E-state index >= 15 is 0 Å². The Kier molecular flexibility index (Phi) is 6.63. The number of carbonyl (C=O) groups excluding carboxylic acids is 2. The molecule has 2 N–H and O–H groups in total. The summed E-state index contributed by atoms with van der Waals surface area (Å²) in [5, 5.41) is 5.92. The maximum absolute atomic E-state index is 12.2. The van der Waals surface area contributed by atoms with E-state index in [1.165, 1.54) is 18.1 Å². The van der Waals surface area contributed by atoms with E-state index in [2.05, 4.69) is 22.8 Å². The van der Waals surface area contributed by atoms with E-state index in [0.717, 1.165) is 44.3 Å². The first kappa shape index (κ1) is 18.9. The molecule has 6 heteroatoms. The monoisotopic (exact) mass is 360 g/mol. The van der Waals surface area contributed by atoms with Gasteiger partial charge in [-0.2, -0.15) is 0 Å². The summed E-state index contributed by atoms with van der Waals surface area (Å²) in [4.78, 5) is 23.3. The zero-order valence-corrected chi connectivity index (χ0v) is 15.4. The number of carbonyl (C=O) groups is 2. The molecule has 0 saturated carbocycles. The molecular weight excluding hydrogens is 332 g/mol. The Morgan fingerprint density at radius 1 is 1.27 bits per heavy atom. The molecule has 2 amide bonds. The van der Waals surface area contributed by atoms with Gasteiger partial charge in [-0.05, 0) is 48.8 Å². The van der Waals surface area contributed by atoms with E-state index < -0.39 is 0 Å². The van der Waals surface area contributed by atoms with Crippen LogP contribution in [0.15, 0.2) is 18.2 Å². The largest absolute Gasteiger partial charge is 0.376 e. The Balaban J connectivity index is 1.51. The summed E-state index contributed by atoms with van der Waals surface area (Å²) in [5.41, 5.74) is 3.52. The fourth-order valence-electron chi connectivity index (χ4n) is 3.65. The van der Waals surface area contributed by atoms with Crippen LogP contribution in [-0.4, -0.2) is 37.7 Å². The maximum Gasteiger partial charge on any atom is 0.246 e. The Bertz CT molecular complexity index is 641. The van der Waals surface area contributed by atoms with Crippen LogP contribution in [-0.2, 0) is 32.0 Å². The fraction of sp³-hybridized carbons (Fsp3) is 0.600. The molecule has 26 heavy (non-hydrogen) atoms. The zero-order chi connectivity index (χ0) is 18.4. The van der Waals surface area contributed by atoms with Gasteiger partial charge in [-0.3, -0.25) is 9.59 Å². The van der Waals surface area contributed by atoms with Crippen LogP contribution in [0, 0.1) is 0 Å². The minimum absolute atomic E-state index is 0.0316. The molecule has 0 aromatic heterocycles. The normalized spacial score (nSPS) is 21.9. The Morgan fingerprint density at radius 3 is 2.92 bits per heavy atom. The topological polar surface area (TPSA) is 76.7 Å². The van der Waals surface area contributed by atoms with Gasteiger partial charge in [0.25, 0.3) is 0 Å². The van der Waals surface area contributed by atoms with E-state index in [4.69, 9.17) is 9.47 Å². The average molecular weight is 360 g/mol. The minimum atomic E-state index is -0.0804. The molecule has 1 saturated heterocycles. The fourth-order valence-corrected chi connectivity index (χ4v) is 3.65. The highest BCUT2D eigenvalue weighted by atomic mass is 16.5. The van der Waals surface area contributed by atoms with Crippen molar-refractivity contribution in [3.63, 3.8) is 0 Å². The molecule has 0 bridgehead atoms. The van der Waals surface area contributed by atoms with Gasteiger partial charge in [0.05, 0.1) is 18.8 Å². The van der Waals surface area contributed by atoms with Crippen LogP contribution in [0.5, 0.6) is 0 Å². The Morgan fingerprint density at radius 2 is 2.15 bits per heavy atom. The van der Waals surface area contributed by atoms with Crippen LogP contribution >= 0.6 is 0 Å². The number of benzene rings is 1. The van der Waals surface area contributed by atoms with E-state index in [-0.39, 0.29) is 30.6 Å². The van der Waals surface area contributed by atoms with Crippen LogP contribution in [0.4, 0.5) is 0 Å². The number of fused-ring (bicyclic) bond motifs is 1. The lowest BCUT2D eigenvalue weighted by atomic mass is 9.86. The first-order valence-electron chi connectivity index (χ1n) is 9.46. The van der Waals surface area contributed by atoms with Gasteiger partial charge in [0.2, 0.25) is 11.8 Å². The third-order valence-electron chi connectivity index (χ3n) is 4.96. The van der Waals surface area contributed by atoms with Crippen molar-refractivity contribution >= 4 is 11.8 Å². The van der Waals surface area contributed by atoms with Gasteiger partial charge in [-0.15, -0.1) is 0 Å². The molecule has 6 nitrogen and oxygen atoms in total. The summed E-state index contributed by atoms with van der Waals surface area (Å²) in [7, 11) is 0. The lowest BCUT2D eigenvalue weighted by Gasteiger charge is -2.27. The van der Waals surface area contributed by atoms with E-state index in [1.807, 2.05) is 6.07 Å². The van der Waals surface area contributed by atoms with Crippen molar-refractivity contribution in [1.82, 2.24) is 10.6 Å². The molecule has 2 aliphatic rings. The van der Waals surface area contributed by atoms with Crippen molar-refractivity contribution in [2.75, 3.05) is 19.8 Å². The molecular formula is C20H28N2O4. The molecule has 3 rings (SSSR count). The van der Waals surface area contributed by atoms with Crippen molar-refractivity contribution in [2.45, 2.75) is 57.7 Å². The van der Waals surface area contributed by atoms with E-state index in [1.54, 1.807) is 0 Å². The first-order chi connectivity index (χ1) is 12.6. The lowest BCUT2D eigenvalue weighted by Crippen LogP contribution is -2.34. The van der Waals surface area contributed by atoms with Crippen molar-refractivity contribution in [3.8, 4) is 0 Å². The quantitative estimate of drug-likeness (QED) is 0.780. The summed E-state index contributed by atoms with van der Waals surface area (Å²) < 4.78 is 11.0. The molecule has 2 unspecified atom stereocenters. The van der Waals surface area contributed by atoms with Gasteiger partial charge in [-0.1, -0.05) is 18.2 Å². The van der Waals surface area contributed by atoms with Crippen LogP contribution in [0.2, 0.25) is 0 Å². The third-order valence-corrected chi connectivity index (χ3v) is 4.96. The summed E-state index contributed by atoms with van der Waals surface area (Å²) in [6.07, 6.45) is 5.21. The molecule has 1 fully saturated rings. The van der Waals surface area contributed by atoms with Crippen LogP contribution < -0.4 is 10.6 Å². The van der Waals surface area contributed by atoms with Crippen molar-refractivity contribution in [2.24, 2.45) is 0 Å². The second-order valence-electron chi connectivity index (χ2n) is 7.11. The molecule has 142 valence electrons. The number of nitrogens with one attached hydrogen (secondary N) is 2. The SMILES string of the molecule is CC(=O)NCc1ccc2c(c1)CCCC2NC(=O)COCC1CCCO1. The predicted octanol–water partition coefficient (Wildman–Crippen LogP) is 2.01. The standard InChI is InChI=1S/C20H28N2O4/c1-14(23)21-11-15-7-8-18-16(10-15)4-2-6-19(18)22-20(24)13-25-12-17-5-3-9-26-17/h7-8,10,17,19H,2-6,9,11-13H2,1H3,(H,21,23)(H,22,24). The molecule has 1 aliphatic carbocycles. The summed E-state index contributed by atoms with van der Waals surface area (Å²) in [6.45, 7) is 3.41. The first-order valence-corrected chi connectivity index (χ1v) is 9.46.